The Morgan fingerprint density at radius 1 is 1.08 bits per heavy atom. The highest BCUT2D eigenvalue weighted by atomic mass is 19.4. The number of likely N-dealkylation sites (tertiary alicyclic amines) is 1. The average molecular weight is 535 g/mol. The molecule has 2 saturated heterocycles. The zero-order chi connectivity index (χ0) is 27.7. The van der Waals surface area contributed by atoms with Crippen LogP contribution in [0.25, 0.3) is 0 Å². The molecule has 2 aromatic carbocycles. The van der Waals surface area contributed by atoms with E-state index in [1.807, 2.05) is 13.8 Å². The molecule has 2 heterocycles. The van der Waals surface area contributed by atoms with Crippen LogP contribution in [0.1, 0.15) is 55.7 Å². The molecule has 2 aromatic rings. The van der Waals surface area contributed by atoms with Crippen molar-refractivity contribution in [1.82, 2.24) is 10.2 Å². The minimum Gasteiger partial charge on any atom is -0.356 e. The fourth-order valence-electron chi connectivity index (χ4n) is 6.08. The first-order chi connectivity index (χ1) is 17.9. The van der Waals surface area contributed by atoms with E-state index in [0.29, 0.717) is 31.7 Å². The van der Waals surface area contributed by atoms with E-state index in [1.54, 1.807) is 24.3 Å². The van der Waals surface area contributed by atoms with Gasteiger partial charge in [-0.1, -0.05) is 50.2 Å². The van der Waals surface area contributed by atoms with Crippen molar-refractivity contribution in [2.45, 2.75) is 57.2 Å². The topological polar surface area (TPSA) is 58.6 Å². The zero-order valence-corrected chi connectivity index (χ0v) is 21.9. The lowest BCUT2D eigenvalue weighted by atomic mass is 9.62. The second-order valence-corrected chi connectivity index (χ2v) is 10.9. The van der Waals surface area contributed by atoms with E-state index in [9.17, 15) is 27.2 Å². The van der Waals surface area contributed by atoms with Crippen LogP contribution < -0.4 is 5.32 Å². The van der Waals surface area contributed by atoms with Gasteiger partial charge >= 0.3 is 6.18 Å². The molecule has 0 aromatic heterocycles. The molecule has 0 aliphatic carbocycles. The Kier molecular flexibility index (Phi) is 7.89. The third-order valence-electron chi connectivity index (χ3n) is 8.08. The molecule has 38 heavy (non-hydrogen) atoms. The van der Waals surface area contributed by atoms with Crippen molar-refractivity contribution in [2.24, 2.45) is 11.3 Å². The molecule has 9 heteroatoms. The van der Waals surface area contributed by atoms with E-state index < -0.39 is 23.1 Å². The van der Waals surface area contributed by atoms with Crippen molar-refractivity contribution in [3.8, 4) is 0 Å². The SMILES string of the molecule is CO[C@@](C(=O)N1CCC2(CC1)CC(=O)NC[C@H]2c1ccc(F)cc1)(c1ccc(CC(C)C)cc1)C(F)(F)F. The summed E-state index contributed by atoms with van der Waals surface area (Å²) in [5, 5.41) is 2.86. The summed E-state index contributed by atoms with van der Waals surface area (Å²) in [4.78, 5) is 27.2. The summed E-state index contributed by atoms with van der Waals surface area (Å²) in [6, 6.07) is 12.0. The van der Waals surface area contributed by atoms with Gasteiger partial charge in [-0.3, -0.25) is 9.59 Å². The summed E-state index contributed by atoms with van der Waals surface area (Å²) >= 11 is 0. The molecule has 0 unspecified atom stereocenters. The van der Waals surface area contributed by atoms with Gasteiger partial charge in [0.2, 0.25) is 5.91 Å². The summed E-state index contributed by atoms with van der Waals surface area (Å²) in [5.41, 5.74) is -2.19. The number of carbonyl (C=O) groups is 2. The largest absolute Gasteiger partial charge is 0.430 e. The summed E-state index contributed by atoms with van der Waals surface area (Å²) in [6.07, 6.45) is -3.40. The molecule has 1 N–H and O–H groups in total. The van der Waals surface area contributed by atoms with Gasteiger partial charge in [-0.2, -0.15) is 13.2 Å². The smallest absolute Gasteiger partial charge is 0.356 e. The summed E-state index contributed by atoms with van der Waals surface area (Å²) in [5.74, 6) is -1.47. The fourth-order valence-corrected chi connectivity index (χ4v) is 6.08. The van der Waals surface area contributed by atoms with E-state index in [4.69, 9.17) is 4.74 Å². The second-order valence-electron chi connectivity index (χ2n) is 10.9. The second kappa shape index (κ2) is 10.7. The predicted molar refractivity (Wildman–Crippen MR) is 135 cm³/mol. The number of nitrogens with zero attached hydrogens (tertiary/aromatic N) is 1. The van der Waals surface area contributed by atoms with Crippen molar-refractivity contribution in [1.29, 1.82) is 0 Å². The molecule has 1 spiro atoms. The van der Waals surface area contributed by atoms with Crippen molar-refractivity contribution < 1.29 is 31.9 Å². The number of amides is 2. The molecule has 0 saturated carbocycles. The Hall–Kier alpha value is -2.94. The van der Waals surface area contributed by atoms with Gasteiger partial charge in [0, 0.05) is 44.6 Å². The number of ether oxygens (including phenoxy) is 1. The summed E-state index contributed by atoms with van der Waals surface area (Å²) < 4.78 is 62.5. The quantitative estimate of drug-likeness (QED) is 0.509. The van der Waals surface area contributed by atoms with E-state index in [0.717, 1.165) is 18.2 Å². The minimum absolute atomic E-state index is 0.0520. The van der Waals surface area contributed by atoms with Crippen molar-refractivity contribution in [3.63, 3.8) is 0 Å². The molecular weight excluding hydrogens is 500 g/mol. The van der Waals surface area contributed by atoms with Crippen LogP contribution in [0.3, 0.4) is 0 Å². The van der Waals surface area contributed by atoms with Gasteiger partial charge in [0.1, 0.15) is 5.82 Å². The van der Waals surface area contributed by atoms with Crippen LogP contribution in [-0.4, -0.2) is 49.6 Å². The number of alkyl halides is 3. The summed E-state index contributed by atoms with van der Waals surface area (Å²) in [7, 11) is 0.912. The van der Waals surface area contributed by atoms with Gasteiger partial charge in [-0.15, -0.1) is 0 Å². The monoisotopic (exact) mass is 534 g/mol. The number of hydrogen-bond donors (Lipinski definition) is 1. The molecule has 5 nitrogen and oxygen atoms in total. The molecule has 2 fully saturated rings. The van der Waals surface area contributed by atoms with Gasteiger partial charge < -0.3 is 15.0 Å². The minimum atomic E-state index is -4.99. The van der Waals surface area contributed by atoms with Crippen LogP contribution in [0, 0.1) is 17.2 Å². The molecule has 2 aliphatic rings. The molecule has 2 amide bonds. The van der Waals surface area contributed by atoms with Gasteiger partial charge in [-0.25, -0.2) is 4.39 Å². The first kappa shape index (κ1) is 28.1. The molecule has 4 rings (SSSR count). The van der Waals surface area contributed by atoms with Crippen LogP contribution in [0.2, 0.25) is 0 Å². The number of hydrogen-bond acceptors (Lipinski definition) is 3. The van der Waals surface area contributed by atoms with E-state index in [1.165, 1.54) is 29.2 Å². The molecule has 2 aliphatic heterocycles. The number of methoxy groups -OCH3 is 1. The Balaban J connectivity index is 1.60. The van der Waals surface area contributed by atoms with Crippen LogP contribution in [-0.2, 0) is 26.3 Å². The fraction of sp³-hybridized carbons (Fsp3) is 0.517. The maximum absolute atomic E-state index is 14.6. The first-order valence-corrected chi connectivity index (χ1v) is 12.9. The van der Waals surface area contributed by atoms with E-state index in [-0.39, 0.29) is 42.7 Å². The molecule has 206 valence electrons. The van der Waals surface area contributed by atoms with Crippen LogP contribution >= 0.6 is 0 Å². The lowest BCUT2D eigenvalue weighted by molar-refractivity contribution is -0.271. The third-order valence-corrected chi connectivity index (χ3v) is 8.08. The van der Waals surface area contributed by atoms with Gasteiger partial charge in [0.05, 0.1) is 0 Å². The van der Waals surface area contributed by atoms with Crippen molar-refractivity contribution >= 4 is 11.8 Å². The van der Waals surface area contributed by atoms with E-state index in [2.05, 4.69) is 5.32 Å². The van der Waals surface area contributed by atoms with Crippen LogP contribution in [0.5, 0.6) is 0 Å². The molecule has 0 bridgehead atoms. The lowest BCUT2D eigenvalue weighted by Crippen LogP contribution is -2.60. The van der Waals surface area contributed by atoms with Crippen LogP contribution in [0.15, 0.2) is 48.5 Å². The number of halogens is 4. The third kappa shape index (κ3) is 5.17. The van der Waals surface area contributed by atoms with Gasteiger partial charge in [-0.05, 0) is 53.9 Å². The highest BCUT2D eigenvalue weighted by Gasteiger charge is 2.64. The molecular formula is C29H34F4N2O3. The Morgan fingerprint density at radius 2 is 1.68 bits per heavy atom. The highest BCUT2D eigenvalue weighted by molar-refractivity contribution is 5.88. The Bertz CT molecular complexity index is 1140. The van der Waals surface area contributed by atoms with Crippen molar-refractivity contribution in [2.75, 3.05) is 26.7 Å². The Morgan fingerprint density at radius 3 is 2.21 bits per heavy atom. The number of nitrogens with one attached hydrogen (secondary N) is 1. The standard InChI is InChI=1S/C29H34F4N2O3/c1-19(2)16-20-4-8-22(9-5-20)28(38-3,29(31,32)33)26(37)35-14-12-27(13-15-35)17-25(36)34-18-24(27)21-6-10-23(30)11-7-21/h4-11,19,24H,12-18H2,1-3H3,(H,34,36)/t24-,28+/m0/s1. The number of carbonyl (C=O) groups excluding carboxylic acids is 2. The number of piperidine rings is 2. The van der Waals surface area contributed by atoms with Crippen molar-refractivity contribution in [3.05, 3.63) is 71.0 Å². The molecule has 2 atom stereocenters. The highest BCUT2D eigenvalue weighted by Crippen LogP contribution is 2.50. The maximum atomic E-state index is 14.6. The summed E-state index contributed by atoms with van der Waals surface area (Å²) in [6.45, 7) is 4.50. The normalized spacial score (nSPS) is 21.3. The maximum Gasteiger partial charge on any atom is 0.430 e. The molecule has 0 radical (unpaired) electrons. The van der Waals surface area contributed by atoms with E-state index >= 15 is 0 Å². The lowest BCUT2D eigenvalue weighted by Gasteiger charge is -2.50. The zero-order valence-electron chi connectivity index (χ0n) is 21.9. The predicted octanol–water partition coefficient (Wildman–Crippen LogP) is 5.34. The van der Waals surface area contributed by atoms with Gasteiger partial charge in [0.15, 0.2) is 0 Å². The number of rotatable bonds is 6. The Labute approximate surface area is 220 Å². The number of benzene rings is 2. The average Bonchev–Trinajstić information content (AvgIpc) is 2.86. The van der Waals surface area contributed by atoms with Gasteiger partial charge in [0.25, 0.3) is 11.5 Å². The van der Waals surface area contributed by atoms with Crippen LogP contribution in [0.4, 0.5) is 17.6 Å². The first-order valence-electron chi connectivity index (χ1n) is 12.9.